The molecule has 8 nitrogen and oxygen atoms in total. The Morgan fingerprint density at radius 2 is 2.11 bits per heavy atom. The molecule has 102 valence electrons. The number of hydrogen-bond acceptors (Lipinski definition) is 4. The minimum absolute atomic E-state index is 0.0147. The number of hydrogen-bond donors (Lipinski definition) is 4. The lowest BCUT2D eigenvalue weighted by Gasteiger charge is -2.12. The Morgan fingerprint density at radius 1 is 1.42 bits per heavy atom. The summed E-state index contributed by atoms with van der Waals surface area (Å²) in [5, 5.41) is 13.7. The molecule has 0 aromatic carbocycles. The SMILES string of the molecule is CC(CC(N)=O)NC(=O)Nc1cncc(C(=O)O)c1. The molecule has 0 bridgehead atoms. The molecule has 0 spiro atoms. The highest BCUT2D eigenvalue weighted by molar-refractivity contribution is 5.92. The summed E-state index contributed by atoms with van der Waals surface area (Å²) in [7, 11) is 0. The number of nitrogens with one attached hydrogen (secondary N) is 2. The minimum atomic E-state index is -1.14. The lowest BCUT2D eigenvalue weighted by Crippen LogP contribution is -2.38. The Labute approximate surface area is 109 Å². The average molecular weight is 266 g/mol. The average Bonchev–Trinajstić information content (AvgIpc) is 2.27. The molecule has 1 atom stereocenters. The quantitative estimate of drug-likeness (QED) is 0.602. The van der Waals surface area contributed by atoms with Gasteiger partial charge in [0.15, 0.2) is 0 Å². The molecule has 0 fully saturated rings. The van der Waals surface area contributed by atoms with Gasteiger partial charge in [-0.05, 0) is 13.0 Å². The molecule has 1 aromatic heterocycles. The normalized spacial score (nSPS) is 11.4. The molecule has 19 heavy (non-hydrogen) atoms. The Hall–Kier alpha value is -2.64. The number of aromatic carboxylic acids is 1. The molecular weight excluding hydrogens is 252 g/mol. The van der Waals surface area contributed by atoms with E-state index in [9.17, 15) is 14.4 Å². The molecular formula is C11H14N4O4. The van der Waals surface area contributed by atoms with Crippen LogP contribution in [-0.4, -0.2) is 34.0 Å². The summed E-state index contributed by atoms with van der Waals surface area (Å²) in [6.07, 6.45) is 2.49. The standard InChI is InChI=1S/C11H14N4O4/c1-6(2-9(12)16)14-11(19)15-8-3-7(10(17)18)4-13-5-8/h3-6H,2H2,1H3,(H2,12,16)(H,17,18)(H2,14,15,19). The van der Waals surface area contributed by atoms with Gasteiger partial charge in [0.1, 0.15) is 0 Å². The fourth-order valence-corrected chi connectivity index (χ4v) is 1.37. The van der Waals surface area contributed by atoms with Crippen LogP contribution in [0.4, 0.5) is 10.5 Å². The third kappa shape index (κ3) is 5.02. The molecule has 1 rings (SSSR count). The molecule has 0 aliphatic carbocycles. The second-order valence-corrected chi connectivity index (χ2v) is 3.94. The van der Waals surface area contributed by atoms with Crippen LogP contribution in [0, 0.1) is 0 Å². The Balaban J connectivity index is 2.59. The van der Waals surface area contributed by atoms with Crippen molar-refractivity contribution < 1.29 is 19.5 Å². The third-order valence-corrected chi connectivity index (χ3v) is 2.13. The van der Waals surface area contributed by atoms with E-state index >= 15 is 0 Å². The first kappa shape index (κ1) is 14.4. The van der Waals surface area contributed by atoms with Crippen LogP contribution in [0.2, 0.25) is 0 Å². The van der Waals surface area contributed by atoms with E-state index in [4.69, 9.17) is 10.8 Å². The summed E-state index contributed by atoms with van der Waals surface area (Å²) in [6, 6.07) is 0.277. The molecule has 0 aliphatic rings. The predicted octanol–water partition coefficient (Wildman–Crippen LogP) is 0.165. The van der Waals surface area contributed by atoms with Gasteiger partial charge < -0.3 is 21.5 Å². The van der Waals surface area contributed by atoms with Crippen molar-refractivity contribution in [1.82, 2.24) is 10.3 Å². The van der Waals surface area contributed by atoms with E-state index in [-0.39, 0.29) is 17.7 Å². The topological polar surface area (TPSA) is 134 Å². The second kappa shape index (κ2) is 6.34. The van der Waals surface area contributed by atoms with Crippen molar-refractivity contribution in [3.05, 3.63) is 24.0 Å². The van der Waals surface area contributed by atoms with Gasteiger partial charge in [0.05, 0.1) is 17.4 Å². The van der Waals surface area contributed by atoms with Crippen molar-refractivity contribution in [3.8, 4) is 0 Å². The van der Waals surface area contributed by atoms with Gasteiger partial charge in [0, 0.05) is 18.7 Å². The summed E-state index contributed by atoms with van der Waals surface area (Å²) in [5.41, 5.74) is 5.19. The van der Waals surface area contributed by atoms with Crippen molar-refractivity contribution in [2.75, 3.05) is 5.32 Å². The number of aromatic nitrogens is 1. The number of carboxylic acid groups (broad SMARTS) is 1. The van der Waals surface area contributed by atoms with Gasteiger partial charge in [-0.2, -0.15) is 0 Å². The van der Waals surface area contributed by atoms with Crippen molar-refractivity contribution in [3.63, 3.8) is 0 Å². The lowest BCUT2D eigenvalue weighted by molar-refractivity contribution is -0.118. The number of carboxylic acids is 1. The zero-order valence-corrected chi connectivity index (χ0v) is 10.2. The van der Waals surface area contributed by atoms with Gasteiger partial charge in [0.2, 0.25) is 5.91 Å². The predicted molar refractivity (Wildman–Crippen MR) is 66.6 cm³/mol. The number of carbonyl (C=O) groups excluding carboxylic acids is 2. The van der Waals surface area contributed by atoms with Gasteiger partial charge in [-0.3, -0.25) is 9.78 Å². The Kier molecular flexibility index (Phi) is 4.81. The minimum Gasteiger partial charge on any atom is -0.478 e. The van der Waals surface area contributed by atoms with Crippen LogP contribution in [0.5, 0.6) is 0 Å². The zero-order valence-electron chi connectivity index (χ0n) is 10.2. The first-order valence-electron chi connectivity index (χ1n) is 5.42. The maximum Gasteiger partial charge on any atom is 0.337 e. The Bertz CT molecular complexity index is 503. The van der Waals surface area contributed by atoms with E-state index in [2.05, 4.69) is 15.6 Å². The van der Waals surface area contributed by atoms with Crippen molar-refractivity contribution in [2.45, 2.75) is 19.4 Å². The molecule has 0 aliphatic heterocycles. The van der Waals surface area contributed by atoms with Gasteiger partial charge in [-0.25, -0.2) is 9.59 Å². The number of carbonyl (C=O) groups is 3. The van der Waals surface area contributed by atoms with Gasteiger partial charge in [-0.1, -0.05) is 0 Å². The zero-order chi connectivity index (χ0) is 14.4. The number of nitrogens with two attached hydrogens (primary N) is 1. The maximum atomic E-state index is 11.5. The van der Waals surface area contributed by atoms with Gasteiger partial charge >= 0.3 is 12.0 Å². The lowest BCUT2D eigenvalue weighted by atomic mass is 10.2. The van der Waals surface area contributed by atoms with Crippen LogP contribution < -0.4 is 16.4 Å². The molecule has 3 amide bonds. The molecule has 0 radical (unpaired) electrons. The number of rotatable bonds is 5. The smallest absolute Gasteiger partial charge is 0.337 e. The van der Waals surface area contributed by atoms with Crippen LogP contribution in [0.3, 0.4) is 0 Å². The van der Waals surface area contributed by atoms with Crippen LogP contribution in [0.25, 0.3) is 0 Å². The number of anilines is 1. The van der Waals surface area contributed by atoms with E-state index in [1.807, 2.05) is 0 Å². The number of nitrogens with zero attached hydrogens (tertiary/aromatic N) is 1. The number of amides is 3. The molecule has 1 unspecified atom stereocenters. The fourth-order valence-electron chi connectivity index (χ4n) is 1.37. The summed E-state index contributed by atoms with van der Waals surface area (Å²) in [5.74, 6) is -1.67. The van der Waals surface area contributed by atoms with Crippen LogP contribution in [-0.2, 0) is 4.79 Å². The van der Waals surface area contributed by atoms with E-state index in [0.29, 0.717) is 0 Å². The van der Waals surface area contributed by atoms with Crippen LogP contribution >= 0.6 is 0 Å². The number of pyridine rings is 1. The summed E-state index contributed by atoms with van der Waals surface area (Å²) >= 11 is 0. The fraction of sp³-hybridized carbons (Fsp3) is 0.273. The first-order chi connectivity index (χ1) is 8.88. The molecule has 1 aromatic rings. The van der Waals surface area contributed by atoms with E-state index < -0.39 is 23.9 Å². The number of urea groups is 1. The number of primary amides is 1. The molecule has 5 N–H and O–H groups in total. The van der Waals surface area contributed by atoms with Gasteiger partial charge in [-0.15, -0.1) is 0 Å². The summed E-state index contributed by atoms with van der Waals surface area (Å²) in [6.45, 7) is 1.62. The largest absolute Gasteiger partial charge is 0.478 e. The Morgan fingerprint density at radius 3 is 2.68 bits per heavy atom. The van der Waals surface area contributed by atoms with Gasteiger partial charge in [0.25, 0.3) is 0 Å². The maximum absolute atomic E-state index is 11.5. The van der Waals surface area contributed by atoms with Crippen molar-refractivity contribution in [1.29, 1.82) is 0 Å². The highest BCUT2D eigenvalue weighted by atomic mass is 16.4. The van der Waals surface area contributed by atoms with Crippen molar-refractivity contribution in [2.24, 2.45) is 5.73 Å². The third-order valence-electron chi connectivity index (χ3n) is 2.13. The van der Waals surface area contributed by atoms with E-state index in [0.717, 1.165) is 0 Å². The summed E-state index contributed by atoms with van der Waals surface area (Å²) in [4.78, 5) is 36.6. The first-order valence-corrected chi connectivity index (χ1v) is 5.42. The molecule has 0 saturated carbocycles. The van der Waals surface area contributed by atoms with Crippen LogP contribution in [0.15, 0.2) is 18.5 Å². The highest BCUT2D eigenvalue weighted by Crippen LogP contribution is 2.08. The monoisotopic (exact) mass is 266 g/mol. The second-order valence-electron chi connectivity index (χ2n) is 3.94. The van der Waals surface area contributed by atoms with Crippen molar-refractivity contribution >= 4 is 23.6 Å². The van der Waals surface area contributed by atoms with Crippen LogP contribution in [0.1, 0.15) is 23.7 Å². The molecule has 0 saturated heterocycles. The highest BCUT2D eigenvalue weighted by Gasteiger charge is 2.11. The molecule has 8 heteroatoms. The summed E-state index contributed by atoms with van der Waals surface area (Å²) < 4.78 is 0. The molecule has 1 heterocycles. The van der Waals surface area contributed by atoms with E-state index in [1.54, 1.807) is 6.92 Å². The van der Waals surface area contributed by atoms with E-state index in [1.165, 1.54) is 18.5 Å².